The van der Waals surface area contributed by atoms with Gasteiger partial charge in [0.1, 0.15) is 3.70 Å². The van der Waals surface area contributed by atoms with Crippen molar-refractivity contribution in [3.05, 3.63) is 51.7 Å². The molecule has 1 aromatic heterocycles. The Bertz CT molecular complexity index is 931. The normalized spacial score (nSPS) is 11.9. The van der Waals surface area contributed by atoms with Gasteiger partial charge in [-0.1, -0.05) is 17.7 Å². The van der Waals surface area contributed by atoms with Gasteiger partial charge in [0.25, 0.3) is 10.0 Å². The van der Waals surface area contributed by atoms with E-state index >= 15 is 0 Å². The van der Waals surface area contributed by atoms with Gasteiger partial charge in [0, 0.05) is 11.1 Å². The zero-order chi connectivity index (χ0) is 15.2. The summed E-state index contributed by atoms with van der Waals surface area (Å²) in [5, 5.41) is 4.89. The van der Waals surface area contributed by atoms with E-state index in [2.05, 4.69) is 5.10 Å². The molecule has 3 rings (SSSR count). The Balaban J connectivity index is 2.26. The van der Waals surface area contributed by atoms with E-state index in [1.165, 1.54) is 0 Å². The summed E-state index contributed by atoms with van der Waals surface area (Å²) in [5.41, 5.74) is 7.85. The van der Waals surface area contributed by atoms with Crippen LogP contribution in [-0.2, 0) is 10.0 Å². The van der Waals surface area contributed by atoms with Gasteiger partial charge < -0.3 is 5.73 Å². The average molecular weight is 413 g/mol. The Hall–Kier alpha value is -1.61. The average Bonchev–Trinajstić information content (AvgIpc) is 2.77. The monoisotopic (exact) mass is 413 g/mol. The van der Waals surface area contributed by atoms with Gasteiger partial charge in [0.05, 0.1) is 10.4 Å². The highest BCUT2D eigenvalue weighted by atomic mass is 127. The number of hydrogen-bond acceptors (Lipinski definition) is 4. The maximum absolute atomic E-state index is 12.7. The highest BCUT2D eigenvalue weighted by Gasteiger charge is 2.22. The SMILES string of the molecule is Cc1ccc(S(=O)(=O)n2nc(I)c3cc(N)ccc32)cc1. The minimum atomic E-state index is -3.71. The van der Waals surface area contributed by atoms with E-state index in [9.17, 15) is 8.42 Å². The smallest absolute Gasteiger partial charge is 0.283 e. The fraction of sp³-hybridized carbons (Fsp3) is 0.0714. The number of benzene rings is 2. The maximum atomic E-state index is 12.7. The first-order valence-corrected chi connectivity index (χ1v) is 8.67. The van der Waals surface area contributed by atoms with Gasteiger partial charge in [0.2, 0.25) is 0 Å². The van der Waals surface area contributed by atoms with Crippen molar-refractivity contribution in [2.45, 2.75) is 11.8 Å². The number of hydrogen-bond donors (Lipinski definition) is 1. The van der Waals surface area contributed by atoms with Crippen molar-refractivity contribution in [2.24, 2.45) is 0 Å². The van der Waals surface area contributed by atoms with E-state index in [0.717, 1.165) is 15.0 Å². The van der Waals surface area contributed by atoms with Crippen LogP contribution in [0.4, 0.5) is 5.69 Å². The lowest BCUT2D eigenvalue weighted by molar-refractivity contribution is 0.582. The van der Waals surface area contributed by atoms with Crippen LogP contribution in [-0.4, -0.2) is 17.6 Å². The first-order chi connectivity index (χ1) is 9.89. The number of fused-ring (bicyclic) bond motifs is 1. The van der Waals surface area contributed by atoms with Crippen LogP contribution in [0.25, 0.3) is 10.9 Å². The minimum Gasteiger partial charge on any atom is -0.399 e. The Morgan fingerprint density at radius 1 is 1.14 bits per heavy atom. The van der Waals surface area contributed by atoms with Crippen LogP contribution in [0, 0.1) is 10.6 Å². The molecule has 1 heterocycles. The first kappa shape index (κ1) is 14.3. The highest BCUT2D eigenvalue weighted by Crippen LogP contribution is 2.26. The minimum absolute atomic E-state index is 0.214. The van der Waals surface area contributed by atoms with Crippen LogP contribution >= 0.6 is 22.6 Å². The van der Waals surface area contributed by atoms with Crippen molar-refractivity contribution in [3.8, 4) is 0 Å². The zero-order valence-electron chi connectivity index (χ0n) is 11.1. The second-order valence-corrected chi connectivity index (χ2v) is 7.52. The van der Waals surface area contributed by atoms with Crippen LogP contribution in [0.15, 0.2) is 47.4 Å². The number of nitrogens with two attached hydrogens (primary N) is 1. The molecule has 0 aliphatic rings. The van der Waals surface area contributed by atoms with Crippen molar-refractivity contribution < 1.29 is 8.42 Å². The molecule has 0 atom stereocenters. The molecule has 0 aliphatic heterocycles. The molecule has 0 unspecified atom stereocenters. The first-order valence-electron chi connectivity index (χ1n) is 6.15. The van der Waals surface area contributed by atoms with Crippen LogP contribution in [0.5, 0.6) is 0 Å². The Labute approximate surface area is 136 Å². The molecule has 0 amide bonds. The molecule has 0 saturated carbocycles. The van der Waals surface area contributed by atoms with E-state index in [-0.39, 0.29) is 4.90 Å². The summed E-state index contributed by atoms with van der Waals surface area (Å²) < 4.78 is 27.1. The third-order valence-electron chi connectivity index (χ3n) is 3.17. The standard InChI is InChI=1S/C14H12IN3O2S/c1-9-2-5-11(6-3-9)21(19,20)18-13-7-4-10(16)8-12(13)14(15)17-18/h2-8H,16H2,1H3. The van der Waals surface area contributed by atoms with E-state index in [0.29, 0.717) is 14.9 Å². The second-order valence-electron chi connectivity index (χ2n) is 4.73. The third kappa shape index (κ3) is 2.40. The molecular weight excluding hydrogens is 401 g/mol. The quantitative estimate of drug-likeness (QED) is 0.518. The summed E-state index contributed by atoms with van der Waals surface area (Å²) in [5.74, 6) is 0. The number of aryl methyl sites for hydroxylation is 1. The van der Waals surface area contributed by atoms with Gasteiger partial charge in [-0.25, -0.2) is 0 Å². The fourth-order valence-corrected chi connectivity index (χ4v) is 4.15. The number of nitrogen functional groups attached to an aromatic ring is 1. The lowest BCUT2D eigenvalue weighted by atomic mass is 10.2. The van der Waals surface area contributed by atoms with E-state index in [1.807, 2.05) is 29.5 Å². The molecule has 108 valence electrons. The molecule has 5 nitrogen and oxygen atoms in total. The summed E-state index contributed by atoms with van der Waals surface area (Å²) in [7, 11) is -3.71. The van der Waals surface area contributed by atoms with Crippen molar-refractivity contribution in [1.82, 2.24) is 9.19 Å². The van der Waals surface area contributed by atoms with Crippen LogP contribution in [0.2, 0.25) is 0 Å². The topological polar surface area (TPSA) is 78.0 Å². The van der Waals surface area contributed by atoms with Crippen molar-refractivity contribution in [3.63, 3.8) is 0 Å². The van der Waals surface area contributed by atoms with Gasteiger partial charge in [0.15, 0.2) is 0 Å². The molecule has 7 heteroatoms. The molecular formula is C14H12IN3O2S. The number of halogens is 1. The summed E-state index contributed by atoms with van der Waals surface area (Å²) >= 11 is 2.01. The van der Waals surface area contributed by atoms with Crippen LogP contribution in [0.3, 0.4) is 0 Å². The highest BCUT2D eigenvalue weighted by molar-refractivity contribution is 14.1. The summed E-state index contributed by atoms with van der Waals surface area (Å²) in [6, 6.07) is 11.8. The Morgan fingerprint density at radius 2 is 1.81 bits per heavy atom. The molecule has 2 aromatic carbocycles. The van der Waals surface area contributed by atoms with Crippen molar-refractivity contribution in [1.29, 1.82) is 0 Å². The molecule has 0 bridgehead atoms. The summed E-state index contributed by atoms with van der Waals surface area (Å²) in [6.07, 6.45) is 0. The van der Waals surface area contributed by atoms with Gasteiger partial charge in [-0.3, -0.25) is 0 Å². The molecule has 0 spiro atoms. The van der Waals surface area contributed by atoms with Gasteiger partial charge >= 0.3 is 0 Å². The molecule has 0 saturated heterocycles. The predicted octanol–water partition coefficient (Wildman–Crippen LogP) is 2.77. The molecule has 2 N–H and O–H groups in total. The number of anilines is 1. The van der Waals surface area contributed by atoms with Crippen LogP contribution < -0.4 is 5.73 Å². The van der Waals surface area contributed by atoms with E-state index in [4.69, 9.17) is 5.73 Å². The largest absolute Gasteiger partial charge is 0.399 e. The fourth-order valence-electron chi connectivity index (χ4n) is 2.07. The molecule has 3 aromatic rings. The van der Waals surface area contributed by atoms with E-state index < -0.39 is 10.0 Å². The van der Waals surface area contributed by atoms with Gasteiger partial charge in [-0.2, -0.15) is 17.6 Å². The molecule has 0 fully saturated rings. The molecule has 21 heavy (non-hydrogen) atoms. The van der Waals surface area contributed by atoms with E-state index in [1.54, 1.807) is 42.5 Å². The number of rotatable bonds is 2. The number of nitrogens with zero attached hydrogens (tertiary/aromatic N) is 2. The zero-order valence-corrected chi connectivity index (χ0v) is 14.1. The molecule has 0 aliphatic carbocycles. The third-order valence-corrected chi connectivity index (χ3v) is 5.57. The summed E-state index contributed by atoms with van der Waals surface area (Å²) in [6.45, 7) is 1.91. The van der Waals surface area contributed by atoms with Crippen molar-refractivity contribution in [2.75, 3.05) is 5.73 Å². The lowest BCUT2D eigenvalue weighted by Gasteiger charge is -2.06. The number of aromatic nitrogens is 2. The Kier molecular flexibility index (Phi) is 3.40. The van der Waals surface area contributed by atoms with Gasteiger partial charge in [-0.15, -0.1) is 0 Å². The Morgan fingerprint density at radius 3 is 2.48 bits per heavy atom. The second kappa shape index (κ2) is 4.99. The predicted molar refractivity (Wildman–Crippen MR) is 90.6 cm³/mol. The molecule has 0 radical (unpaired) electrons. The summed E-state index contributed by atoms with van der Waals surface area (Å²) in [4.78, 5) is 0.214. The van der Waals surface area contributed by atoms with Gasteiger partial charge in [-0.05, 0) is 59.8 Å². The maximum Gasteiger partial charge on any atom is 0.283 e. The van der Waals surface area contributed by atoms with Crippen molar-refractivity contribution >= 4 is 49.2 Å². The lowest BCUT2D eigenvalue weighted by Crippen LogP contribution is -2.14. The van der Waals surface area contributed by atoms with Crippen LogP contribution in [0.1, 0.15) is 5.56 Å².